The first-order valence-corrected chi connectivity index (χ1v) is 15.7. The van der Waals surface area contributed by atoms with Crippen molar-refractivity contribution in [2.45, 2.75) is 115 Å². The van der Waals surface area contributed by atoms with Gasteiger partial charge in [-0.3, -0.25) is 4.79 Å². The van der Waals surface area contributed by atoms with Crippen molar-refractivity contribution in [1.29, 1.82) is 0 Å². The SMILES string of the molecule is CC(C)(C)NS(=O)(=O)c1ccc(-c2nc(C(=O)NC3CCOCC3)nn2CC2CCCCC2)cc1C(C)(C)C. The fourth-order valence-electron chi connectivity index (χ4n) is 5.43. The number of carbonyl (C=O) groups excluding carboxylic acids is 1. The van der Waals surface area contributed by atoms with E-state index in [4.69, 9.17) is 9.72 Å². The largest absolute Gasteiger partial charge is 0.381 e. The van der Waals surface area contributed by atoms with E-state index in [0.717, 1.165) is 31.2 Å². The first kappa shape index (κ1) is 29.7. The van der Waals surface area contributed by atoms with E-state index in [1.807, 2.05) is 52.3 Å². The molecule has 1 aliphatic heterocycles. The van der Waals surface area contributed by atoms with Crippen LogP contribution in [0.4, 0.5) is 0 Å². The third-order valence-corrected chi connectivity index (χ3v) is 9.18. The third-order valence-electron chi connectivity index (χ3n) is 7.36. The lowest BCUT2D eigenvalue weighted by Gasteiger charge is -2.27. The molecule has 2 heterocycles. The van der Waals surface area contributed by atoms with Gasteiger partial charge in [0, 0.05) is 36.9 Å². The lowest BCUT2D eigenvalue weighted by atomic mass is 9.86. The van der Waals surface area contributed by atoms with Crippen molar-refractivity contribution >= 4 is 15.9 Å². The van der Waals surface area contributed by atoms with Gasteiger partial charge in [0.2, 0.25) is 15.8 Å². The predicted molar refractivity (Wildman–Crippen MR) is 152 cm³/mol. The van der Waals surface area contributed by atoms with Crippen LogP contribution < -0.4 is 10.0 Å². The quantitative estimate of drug-likeness (QED) is 0.503. The Morgan fingerprint density at radius 1 is 1.03 bits per heavy atom. The second kappa shape index (κ2) is 11.7. The Balaban J connectivity index is 1.74. The summed E-state index contributed by atoms with van der Waals surface area (Å²) in [5.74, 6) is 0.935. The summed E-state index contributed by atoms with van der Waals surface area (Å²) in [7, 11) is -3.76. The number of sulfonamides is 1. The van der Waals surface area contributed by atoms with Crippen LogP contribution in [-0.2, 0) is 26.7 Å². The van der Waals surface area contributed by atoms with Crippen LogP contribution in [0.15, 0.2) is 23.1 Å². The Kier molecular flexibility index (Phi) is 8.88. The van der Waals surface area contributed by atoms with Gasteiger partial charge in [0.25, 0.3) is 5.91 Å². The van der Waals surface area contributed by atoms with Crippen LogP contribution in [0.3, 0.4) is 0 Å². The summed E-state index contributed by atoms with van der Waals surface area (Å²) in [6, 6.07) is 5.39. The van der Waals surface area contributed by atoms with Gasteiger partial charge in [-0.25, -0.2) is 22.8 Å². The van der Waals surface area contributed by atoms with Crippen molar-refractivity contribution in [3.05, 3.63) is 29.6 Å². The van der Waals surface area contributed by atoms with Crippen molar-refractivity contribution in [3.8, 4) is 11.4 Å². The molecule has 0 spiro atoms. The molecule has 2 fully saturated rings. The second-order valence-corrected chi connectivity index (χ2v) is 14.8. The summed E-state index contributed by atoms with van der Waals surface area (Å²) in [5.41, 5.74) is 0.384. The van der Waals surface area contributed by atoms with Crippen LogP contribution in [0.5, 0.6) is 0 Å². The third kappa shape index (κ3) is 7.67. The molecule has 0 atom stereocenters. The Morgan fingerprint density at radius 3 is 2.31 bits per heavy atom. The predicted octanol–water partition coefficient (Wildman–Crippen LogP) is 4.81. The minimum absolute atomic E-state index is 0.0484. The Hall–Kier alpha value is -2.30. The Bertz CT molecular complexity index is 1260. The molecule has 0 bridgehead atoms. The van der Waals surface area contributed by atoms with Gasteiger partial charge >= 0.3 is 0 Å². The number of rotatable bonds is 7. The lowest BCUT2D eigenvalue weighted by molar-refractivity contribution is 0.0691. The number of benzene rings is 1. The molecule has 2 N–H and O–H groups in total. The fraction of sp³-hybridized carbons (Fsp3) is 0.690. The van der Waals surface area contributed by atoms with Gasteiger partial charge in [0.05, 0.1) is 4.90 Å². The monoisotopic (exact) mass is 559 g/mol. The molecule has 1 saturated carbocycles. The topological polar surface area (TPSA) is 115 Å². The Morgan fingerprint density at radius 2 is 1.69 bits per heavy atom. The van der Waals surface area contributed by atoms with Gasteiger partial charge in [0.15, 0.2) is 5.82 Å². The zero-order valence-electron chi connectivity index (χ0n) is 24.3. The van der Waals surface area contributed by atoms with Crippen LogP contribution >= 0.6 is 0 Å². The summed E-state index contributed by atoms with van der Waals surface area (Å²) in [6.07, 6.45) is 7.47. The molecule has 216 valence electrons. The molecule has 1 aromatic carbocycles. The van der Waals surface area contributed by atoms with Crippen LogP contribution in [0, 0.1) is 5.92 Å². The highest BCUT2D eigenvalue weighted by molar-refractivity contribution is 7.89. The average Bonchev–Trinajstić information content (AvgIpc) is 3.27. The van der Waals surface area contributed by atoms with E-state index in [1.54, 1.807) is 12.1 Å². The first-order valence-electron chi connectivity index (χ1n) is 14.3. The number of carbonyl (C=O) groups is 1. The van der Waals surface area contributed by atoms with Crippen molar-refractivity contribution in [2.24, 2.45) is 5.92 Å². The number of amides is 1. The van der Waals surface area contributed by atoms with Crippen LogP contribution in [0.2, 0.25) is 0 Å². The van der Waals surface area contributed by atoms with Gasteiger partial charge in [-0.2, -0.15) is 0 Å². The highest BCUT2D eigenvalue weighted by Crippen LogP contribution is 2.34. The molecule has 1 aromatic heterocycles. The molecule has 39 heavy (non-hydrogen) atoms. The smallest absolute Gasteiger partial charge is 0.291 e. The van der Waals surface area contributed by atoms with Crippen molar-refractivity contribution in [2.75, 3.05) is 13.2 Å². The van der Waals surface area contributed by atoms with E-state index >= 15 is 0 Å². The van der Waals surface area contributed by atoms with Gasteiger partial charge in [0.1, 0.15) is 0 Å². The van der Waals surface area contributed by atoms with Crippen molar-refractivity contribution in [3.63, 3.8) is 0 Å². The zero-order chi connectivity index (χ0) is 28.4. The van der Waals surface area contributed by atoms with Crippen molar-refractivity contribution in [1.82, 2.24) is 24.8 Å². The molecule has 0 radical (unpaired) electrons. The number of hydrogen-bond acceptors (Lipinski definition) is 6. The first-order chi connectivity index (χ1) is 18.2. The molecule has 10 heteroatoms. The standard InChI is InChI=1S/C29H45N5O4S/c1-28(2,3)23-18-21(12-13-24(23)39(36,37)33-29(4,5)6)26-31-25(27(35)30-22-14-16-38-17-15-22)32-34(26)19-20-10-8-7-9-11-20/h12-13,18,20,22,33H,7-11,14-17,19H2,1-6H3,(H,30,35). The lowest BCUT2D eigenvalue weighted by Crippen LogP contribution is -2.41. The molecule has 1 amide bonds. The van der Waals surface area contributed by atoms with Gasteiger partial charge in [-0.05, 0) is 81.5 Å². The summed E-state index contributed by atoms with van der Waals surface area (Å²) >= 11 is 0. The van der Waals surface area contributed by atoms with Gasteiger partial charge < -0.3 is 10.1 Å². The summed E-state index contributed by atoms with van der Waals surface area (Å²) in [4.78, 5) is 18.2. The molecule has 4 rings (SSSR count). The van der Waals surface area contributed by atoms with Crippen LogP contribution in [0.1, 0.15) is 103 Å². The molecule has 2 aromatic rings. The number of nitrogens with one attached hydrogen (secondary N) is 2. The van der Waals surface area contributed by atoms with Gasteiger partial charge in [-0.1, -0.05) is 40.0 Å². The highest BCUT2D eigenvalue weighted by Gasteiger charge is 2.31. The number of aromatic nitrogens is 3. The number of ether oxygens (including phenoxy) is 1. The minimum atomic E-state index is -3.76. The minimum Gasteiger partial charge on any atom is -0.381 e. The Labute approximate surface area is 233 Å². The van der Waals surface area contributed by atoms with Crippen LogP contribution in [0.25, 0.3) is 11.4 Å². The molecule has 0 unspecified atom stereocenters. The van der Waals surface area contributed by atoms with Gasteiger partial charge in [-0.15, -0.1) is 5.10 Å². The highest BCUT2D eigenvalue weighted by atomic mass is 32.2. The fourth-order valence-corrected chi connectivity index (χ4v) is 7.25. The maximum atomic E-state index is 13.4. The molecule has 9 nitrogen and oxygen atoms in total. The van der Waals surface area contributed by atoms with E-state index in [-0.39, 0.29) is 22.7 Å². The normalized spacial score (nSPS) is 18.3. The van der Waals surface area contributed by atoms with E-state index in [1.165, 1.54) is 19.3 Å². The molecular weight excluding hydrogens is 514 g/mol. The van der Waals surface area contributed by atoms with Crippen LogP contribution in [-0.4, -0.2) is 53.9 Å². The average molecular weight is 560 g/mol. The molecule has 2 aliphatic rings. The maximum absolute atomic E-state index is 13.4. The molecular formula is C29H45N5O4S. The number of nitrogens with zero attached hydrogens (tertiary/aromatic N) is 3. The second-order valence-electron chi connectivity index (χ2n) is 13.1. The molecule has 1 aliphatic carbocycles. The number of hydrogen-bond donors (Lipinski definition) is 2. The summed E-state index contributed by atoms with van der Waals surface area (Å²) < 4.78 is 36.8. The van der Waals surface area contributed by atoms with E-state index in [2.05, 4.69) is 15.1 Å². The summed E-state index contributed by atoms with van der Waals surface area (Å²) in [6.45, 7) is 13.4. The maximum Gasteiger partial charge on any atom is 0.291 e. The summed E-state index contributed by atoms with van der Waals surface area (Å²) in [5, 5.41) is 7.76. The van der Waals surface area contributed by atoms with E-state index in [9.17, 15) is 13.2 Å². The zero-order valence-corrected chi connectivity index (χ0v) is 25.2. The molecule has 1 saturated heterocycles. The van der Waals surface area contributed by atoms with Crippen molar-refractivity contribution < 1.29 is 17.9 Å². The van der Waals surface area contributed by atoms with E-state index in [0.29, 0.717) is 37.1 Å². The van der Waals surface area contributed by atoms with E-state index < -0.39 is 21.0 Å².